The minimum absolute atomic E-state index is 0.119. The molecule has 3 aromatic rings. The van der Waals surface area contributed by atoms with Gasteiger partial charge in [-0.2, -0.15) is 10.2 Å². The van der Waals surface area contributed by atoms with Crippen molar-refractivity contribution >= 4 is 43.5 Å². The van der Waals surface area contributed by atoms with Crippen LogP contribution in [0.15, 0.2) is 39.4 Å². The maximum Gasteiger partial charge on any atom is 0.246 e. The van der Waals surface area contributed by atoms with E-state index in [4.69, 9.17) is 0 Å². The maximum atomic E-state index is 12.3. The average Bonchev–Trinajstić information content (AvgIpc) is 3.01. The van der Waals surface area contributed by atoms with Crippen molar-refractivity contribution in [3.8, 4) is 0 Å². The van der Waals surface area contributed by atoms with E-state index in [-0.39, 0.29) is 12.5 Å². The number of anilines is 1. The number of hydrogen-bond acceptors (Lipinski definition) is 3. The van der Waals surface area contributed by atoms with Crippen molar-refractivity contribution in [3.63, 3.8) is 0 Å². The summed E-state index contributed by atoms with van der Waals surface area (Å²) in [4.78, 5) is 12.3. The van der Waals surface area contributed by atoms with Crippen LogP contribution in [0, 0.1) is 20.8 Å². The molecule has 0 unspecified atom stereocenters. The van der Waals surface area contributed by atoms with Crippen LogP contribution in [0.3, 0.4) is 0 Å². The van der Waals surface area contributed by atoms with Crippen LogP contribution in [0.1, 0.15) is 22.6 Å². The standard InChI is InChI=1S/C18H19Br2N5O/c1-11-16(19)9-24(22-11)10-17(26)21-15-6-4-5-14(7-15)8-25-13(3)18(20)12(2)23-25/h4-7,9H,8,10H2,1-3H3,(H,21,26). The highest BCUT2D eigenvalue weighted by Gasteiger charge is 2.10. The Morgan fingerprint density at radius 1 is 1.15 bits per heavy atom. The first kappa shape index (κ1) is 18.8. The summed E-state index contributed by atoms with van der Waals surface area (Å²) < 4.78 is 5.49. The van der Waals surface area contributed by atoms with Gasteiger partial charge in [0, 0.05) is 11.9 Å². The molecule has 0 aliphatic rings. The maximum absolute atomic E-state index is 12.3. The summed E-state index contributed by atoms with van der Waals surface area (Å²) in [7, 11) is 0. The molecular weight excluding hydrogens is 462 g/mol. The number of nitrogens with zero attached hydrogens (tertiary/aromatic N) is 4. The number of rotatable bonds is 5. The van der Waals surface area contributed by atoms with E-state index in [2.05, 4.69) is 47.4 Å². The molecule has 0 saturated heterocycles. The molecule has 0 fully saturated rings. The second kappa shape index (κ2) is 7.75. The summed E-state index contributed by atoms with van der Waals surface area (Å²) in [5, 5.41) is 11.7. The molecular formula is C18H19Br2N5O. The van der Waals surface area contributed by atoms with Crippen LogP contribution in [0.4, 0.5) is 5.69 Å². The molecule has 1 aromatic carbocycles. The van der Waals surface area contributed by atoms with Gasteiger partial charge in [0.2, 0.25) is 5.91 Å². The summed E-state index contributed by atoms with van der Waals surface area (Å²) in [6, 6.07) is 7.80. The number of benzene rings is 1. The zero-order chi connectivity index (χ0) is 18.8. The van der Waals surface area contributed by atoms with E-state index in [0.717, 1.165) is 37.3 Å². The lowest BCUT2D eigenvalue weighted by Gasteiger charge is -2.09. The number of aromatic nitrogens is 4. The molecule has 0 bridgehead atoms. The molecule has 3 rings (SSSR count). The van der Waals surface area contributed by atoms with Crippen LogP contribution in [0.2, 0.25) is 0 Å². The van der Waals surface area contributed by atoms with E-state index < -0.39 is 0 Å². The lowest BCUT2D eigenvalue weighted by Crippen LogP contribution is -2.19. The van der Waals surface area contributed by atoms with Gasteiger partial charge in [-0.1, -0.05) is 12.1 Å². The Labute approximate surface area is 168 Å². The molecule has 2 heterocycles. The fourth-order valence-electron chi connectivity index (χ4n) is 2.67. The number of aryl methyl sites for hydroxylation is 2. The number of carbonyl (C=O) groups excluding carboxylic acids is 1. The average molecular weight is 481 g/mol. The Morgan fingerprint density at radius 2 is 1.92 bits per heavy atom. The Bertz CT molecular complexity index is 941. The Balaban J connectivity index is 1.68. The summed E-state index contributed by atoms with van der Waals surface area (Å²) >= 11 is 6.95. The third-order valence-electron chi connectivity index (χ3n) is 4.03. The zero-order valence-electron chi connectivity index (χ0n) is 14.8. The van der Waals surface area contributed by atoms with Gasteiger partial charge >= 0.3 is 0 Å². The van der Waals surface area contributed by atoms with Crippen LogP contribution in [-0.4, -0.2) is 25.5 Å². The predicted molar refractivity (Wildman–Crippen MR) is 108 cm³/mol. The lowest BCUT2D eigenvalue weighted by molar-refractivity contribution is -0.116. The van der Waals surface area contributed by atoms with E-state index in [1.807, 2.05) is 49.7 Å². The van der Waals surface area contributed by atoms with Gasteiger partial charge in [0.25, 0.3) is 0 Å². The van der Waals surface area contributed by atoms with E-state index in [9.17, 15) is 4.79 Å². The molecule has 136 valence electrons. The SMILES string of the molecule is Cc1nn(CC(=O)Nc2cccc(Cn3nc(C)c(Br)c3C)c2)cc1Br. The van der Waals surface area contributed by atoms with Gasteiger partial charge in [-0.05, 0) is 70.3 Å². The van der Waals surface area contributed by atoms with Crippen molar-refractivity contribution in [3.05, 3.63) is 62.1 Å². The molecule has 1 N–H and O–H groups in total. The van der Waals surface area contributed by atoms with E-state index in [1.54, 1.807) is 10.9 Å². The van der Waals surface area contributed by atoms with Gasteiger partial charge in [0.05, 0.1) is 32.6 Å². The first-order valence-corrected chi connectivity index (χ1v) is 9.70. The highest BCUT2D eigenvalue weighted by molar-refractivity contribution is 9.10. The second-order valence-corrected chi connectivity index (χ2v) is 7.80. The van der Waals surface area contributed by atoms with Gasteiger partial charge in [-0.15, -0.1) is 0 Å². The first-order valence-electron chi connectivity index (χ1n) is 8.11. The van der Waals surface area contributed by atoms with E-state index in [1.165, 1.54) is 0 Å². The Kier molecular flexibility index (Phi) is 5.62. The fraction of sp³-hybridized carbons (Fsp3) is 0.278. The summed E-state index contributed by atoms with van der Waals surface area (Å²) in [6.07, 6.45) is 1.80. The topological polar surface area (TPSA) is 64.7 Å². The molecule has 0 atom stereocenters. The van der Waals surface area contributed by atoms with Gasteiger partial charge < -0.3 is 5.32 Å². The quantitative estimate of drug-likeness (QED) is 0.594. The lowest BCUT2D eigenvalue weighted by atomic mass is 10.2. The molecule has 0 saturated carbocycles. The zero-order valence-corrected chi connectivity index (χ0v) is 17.9. The van der Waals surface area contributed by atoms with Crippen molar-refractivity contribution in [2.45, 2.75) is 33.9 Å². The summed E-state index contributed by atoms with van der Waals surface area (Å²) in [5.74, 6) is -0.119. The van der Waals surface area contributed by atoms with Crippen molar-refractivity contribution in [1.29, 1.82) is 0 Å². The van der Waals surface area contributed by atoms with Crippen LogP contribution < -0.4 is 5.32 Å². The van der Waals surface area contributed by atoms with Crippen molar-refractivity contribution in [2.75, 3.05) is 5.32 Å². The molecule has 0 aliphatic carbocycles. The number of nitrogens with one attached hydrogen (secondary N) is 1. The van der Waals surface area contributed by atoms with E-state index >= 15 is 0 Å². The van der Waals surface area contributed by atoms with Crippen LogP contribution in [-0.2, 0) is 17.9 Å². The minimum atomic E-state index is -0.119. The third-order valence-corrected chi connectivity index (χ3v) is 5.95. The van der Waals surface area contributed by atoms with E-state index in [0.29, 0.717) is 6.54 Å². The Morgan fingerprint density at radius 3 is 2.54 bits per heavy atom. The highest BCUT2D eigenvalue weighted by Crippen LogP contribution is 2.21. The van der Waals surface area contributed by atoms with Crippen LogP contribution in [0.5, 0.6) is 0 Å². The van der Waals surface area contributed by atoms with Gasteiger partial charge in [0.1, 0.15) is 6.54 Å². The normalized spacial score (nSPS) is 11.0. The second-order valence-electron chi connectivity index (χ2n) is 6.15. The highest BCUT2D eigenvalue weighted by atomic mass is 79.9. The smallest absolute Gasteiger partial charge is 0.246 e. The molecule has 2 aromatic heterocycles. The van der Waals surface area contributed by atoms with Crippen LogP contribution >= 0.6 is 31.9 Å². The predicted octanol–water partition coefficient (Wildman–Crippen LogP) is 4.22. The van der Waals surface area contributed by atoms with Crippen LogP contribution in [0.25, 0.3) is 0 Å². The first-order chi connectivity index (χ1) is 12.3. The molecule has 26 heavy (non-hydrogen) atoms. The summed E-state index contributed by atoms with van der Waals surface area (Å²) in [5.41, 5.74) is 4.73. The number of amides is 1. The molecule has 1 amide bonds. The minimum Gasteiger partial charge on any atom is -0.324 e. The molecule has 0 spiro atoms. The third kappa shape index (κ3) is 4.24. The van der Waals surface area contributed by atoms with Crippen molar-refractivity contribution in [1.82, 2.24) is 19.6 Å². The molecule has 0 radical (unpaired) electrons. The number of hydrogen-bond donors (Lipinski definition) is 1. The number of carbonyl (C=O) groups is 1. The van der Waals surface area contributed by atoms with Gasteiger partial charge in [0.15, 0.2) is 0 Å². The summed E-state index contributed by atoms with van der Waals surface area (Å²) in [6.45, 7) is 6.70. The van der Waals surface area contributed by atoms with Gasteiger partial charge in [-0.3, -0.25) is 14.2 Å². The molecule has 6 nitrogen and oxygen atoms in total. The molecule has 0 aliphatic heterocycles. The monoisotopic (exact) mass is 479 g/mol. The molecule has 8 heteroatoms. The van der Waals surface area contributed by atoms with Crippen molar-refractivity contribution < 1.29 is 4.79 Å². The van der Waals surface area contributed by atoms with Gasteiger partial charge in [-0.25, -0.2) is 0 Å². The largest absolute Gasteiger partial charge is 0.324 e. The Hall–Kier alpha value is -1.93. The fourth-order valence-corrected chi connectivity index (χ4v) is 3.27. The number of halogens is 2. The van der Waals surface area contributed by atoms with Crippen molar-refractivity contribution in [2.24, 2.45) is 0 Å².